The predicted octanol–water partition coefficient (Wildman–Crippen LogP) is 6.09. The molecule has 2 heterocycles. The highest BCUT2D eigenvalue weighted by Gasteiger charge is 2.50. The van der Waals surface area contributed by atoms with Gasteiger partial charge in [0, 0.05) is 36.5 Å². The number of hydrogen-bond acceptors (Lipinski definition) is 5. The highest BCUT2D eigenvalue weighted by atomic mass is 16.3. The molecule has 45 heavy (non-hydrogen) atoms. The Labute approximate surface area is 269 Å². The van der Waals surface area contributed by atoms with Gasteiger partial charge in [-0.15, -0.1) is 0 Å². The average Bonchev–Trinajstić information content (AvgIpc) is 3.95. The maximum atomic E-state index is 10.7. The van der Waals surface area contributed by atoms with E-state index in [1.807, 2.05) is 6.07 Å². The Balaban J connectivity index is 0.000000147. The molecular weight excluding hydrogens is 560 g/mol. The van der Waals surface area contributed by atoms with E-state index in [0.29, 0.717) is 17.4 Å². The largest absolute Gasteiger partial charge is 0.483 e. The fourth-order valence-corrected chi connectivity index (χ4v) is 9.31. The van der Waals surface area contributed by atoms with Gasteiger partial charge in [0.25, 0.3) is 6.47 Å². The lowest BCUT2D eigenvalue weighted by atomic mass is 9.59. The van der Waals surface area contributed by atoms with Crippen LogP contribution in [0, 0.1) is 23.7 Å². The van der Waals surface area contributed by atoms with Crippen molar-refractivity contribution in [2.75, 3.05) is 37.2 Å². The van der Waals surface area contributed by atoms with Gasteiger partial charge >= 0.3 is 0 Å². The Morgan fingerprint density at radius 2 is 1.29 bits per heavy atom. The molecule has 0 radical (unpaired) electrons. The first-order valence-electron chi connectivity index (χ1n) is 17.4. The normalized spacial score (nSPS) is 33.2. The van der Waals surface area contributed by atoms with Crippen molar-refractivity contribution in [3.63, 3.8) is 0 Å². The zero-order valence-corrected chi connectivity index (χ0v) is 27.8. The van der Waals surface area contributed by atoms with Crippen LogP contribution in [0.3, 0.4) is 0 Å². The number of carboxylic acid groups (broad SMARTS) is 1. The molecule has 2 aromatic rings. The van der Waals surface area contributed by atoms with Gasteiger partial charge in [-0.2, -0.15) is 0 Å². The van der Waals surface area contributed by atoms with Crippen molar-refractivity contribution < 1.29 is 14.7 Å². The first kappa shape index (κ1) is 32.1. The molecule has 4 N–H and O–H groups in total. The third-order valence-corrected chi connectivity index (χ3v) is 12.9. The molecule has 0 spiro atoms. The van der Waals surface area contributed by atoms with Crippen LogP contribution < -0.4 is 11.1 Å². The molecule has 6 aliphatic rings. The Kier molecular flexibility index (Phi) is 9.06. The van der Waals surface area contributed by atoms with Gasteiger partial charge in [-0.1, -0.05) is 39.8 Å². The van der Waals surface area contributed by atoms with Crippen LogP contribution in [0.2, 0.25) is 0 Å². The van der Waals surface area contributed by atoms with Crippen LogP contribution in [0.5, 0.6) is 0 Å². The smallest absolute Gasteiger partial charge is 0.290 e. The number of nitrogens with one attached hydrogen (secondary N) is 1. The van der Waals surface area contributed by atoms with Crippen molar-refractivity contribution in [2.24, 2.45) is 23.7 Å². The minimum atomic E-state index is -0.250. The molecular formula is C38H54N4O3. The average molecular weight is 615 g/mol. The Bertz CT molecular complexity index is 1390. The number of anilines is 2. The van der Waals surface area contributed by atoms with Crippen molar-refractivity contribution in [1.29, 1.82) is 0 Å². The summed E-state index contributed by atoms with van der Waals surface area (Å²) in [6, 6.07) is 14.5. The number of benzene rings is 2. The van der Waals surface area contributed by atoms with Crippen LogP contribution in [0.25, 0.3) is 0 Å². The van der Waals surface area contributed by atoms with Crippen LogP contribution >= 0.6 is 0 Å². The number of nitrogen functional groups attached to an aromatic ring is 1. The number of nitrogens with zero attached hydrogens (tertiary/aromatic N) is 2. The second-order valence-corrected chi connectivity index (χ2v) is 15.5. The van der Waals surface area contributed by atoms with E-state index in [4.69, 9.17) is 15.6 Å². The minimum Gasteiger partial charge on any atom is -0.483 e. The van der Waals surface area contributed by atoms with Gasteiger partial charge < -0.3 is 16.2 Å². The number of nitrogens with two attached hydrogens (primary N) is 1. The van der Waals surface area contributed by atoms with Crippen molar-refractivity contribution >= 4 is 24.3 Å². The summed E-state index contributed by atoms with van der Waals surface area (Å²) in [5.41, 5.74) is 14.5. The molecule has 2 unspecified atom stereocenters. The lowest BCUT2D eigenvalue weighted by Crippen LogP contribution is -2.58. The maximum absolute atomic E-state index is 10.7. The molecule has 4 bridgehead atoms. The number of piperidine rings is 2. The van der Waals surface area contributed by atoms with E-state index in [1.54, 1.807) is 5.56 Å². The topological polar surface area (TPSA) is 98.9 Å². The molecule has 7 nitrogen and oxygen atoms in total. The van der Waals surface area contributed by atoms with Crippen LogP contribution in [-0.4, -0.2) is 66.1 Å². The molecule has 0 aromatic heterocycles. The van der Waals surface area contributed by atoms with E-state index in [1.165, 1.54) is 94.2 Å². The van der Waals surface area contributed by atoms with Gasteiger partial charge in [-0.3, -0.25) is 19.4 Å². The van der Waals surface area contributed by atoms with Gasteiger partial charge in [-0.05, 0) is 145 Å². The summed E-state index contributed by atoms with van der Waals surface area (Å²) < 4.78 is 0. The molecule has 8 rings (SSSR count). The zero-order valence-electron chi connectivity index (χ0n) is 27.8. The summed E-state index contributed by atoms with van der Waals surface area (Å²) in [5.74, 6) is 3.39. The SMILES string of the molecule is C[C@H]1C2Cc3ccc(N)cc3[C@@]1(C)CCN2CC1CC1.C[C@H]1C2Cc3ccc(NC=O)cc3[C@@]1(C)CCN2CC1CC1.O=CO. The number of fused-ring (bicyclic) bond motifs is 8. The summed E-state index contributed by atoms with van der Waals surface area (Å²) in [7, 11) is 0. The minimum absolute atomic E-state index is 0.249. The van der Waals surface area contributed by atoms with E-state index in [9.17, 15) is 4.79 Å². The molecule has 2 saturated carbocycles. The molecule has 4 aliphatic carbocycles. The van der Waals surface area contributed by atoms with E-state index in [-0.39, 0.29) is 11.9 Å². The van der Waals surface area contributed by atoms with Crippen molar-refractivity contribution in [3.8, 4) is 0 Å². The van der Waals surface area contributed by atoms with Gasteiger partial charge in [0.15, 0.2) is 0 Å². The van der Waals surface area contributed by atoms with Crippen LogP contribution in [0.15, 0.2) is 36.4 Å². The molecule has 2 saturated heterocycles. The number of rotatable bonds is 6. The molecule has 2 aliphatic heterocycles. The Hall–Kier alpha value is -2.90. The van der Waals surface area contributed by atoms with Gasteiger partial charge in [-0.25, -0.2) is 0 Å². The monoisotopic (exact) mass is 614 g/mol. The van der Waals surface area contributed by atoms with Gasteiger partial charge in [0.2, 0.25) is 6.41 Å². The van der Waals surface area contributed by atoms with E-state index in [0.717, 1.165) is 41.6 Å². The molecule has 6 atom stereocenters. The van der Waals surface area contributed by atoms with Crippen LogP contribution in [0.4, 0.5) is 11.4 Å². The Morgan fingerprint density at radius 3 is 1.76 bits per heavy atom. The quantitative estimate of drug-likeness (QED) is 0.269. The number of carbonyl (C=O) groups excluding carboxylic acids is 1. The standard InChI is InChI=1S/C19H26N2O.C18H26N2.CH2O2/c1-13-18-9-15-5-6-16(20-12-22)10-17(15)19(13,2)7-8-21(18)11-14-3-4-14;1-12-17-9-14-5-6-15(19)10-16(14)18(12,2)7-8-20(17)11-13-3-4-13;2-1-3/h5-6,10,12-14,18H,3-4,7-9,11H2,1-2H3,(H,20,22);5-6,10,12-13,17H,3-4,7-9,11,19H2,1-2H3;1H,(H,2,3)/t13-,18?,19-;12-,17?,18-;/m00./s1. The number of amides is 1. The second-order valence-electron chi connectivity index (χ2n) is 15.5. The zero-order chi connectivity index (χ0) is 31.9. The molecule has 4 fully saturated rings. The third-order valence-electron chi connectivity index (χ3n) is 12.9. The maximum Gasteiger partial charge on any atom is 0.290 e. The molecule has 244 valence electrons. The highest BCUT2D eigenvalue weighted by molar-refractivity contribution is 5.72. The molecule has 2 aromatic carbocycles. The van der Waals surface area contributed by atoms with Crippen LogP contribution in [0.1, 0.15) is 88.5 Å². The third kappa shape index (κ3) is 6.27. The lowest BCUT2D eigenvalue weighted by Gasteiger charge is -2.55. The van der Waals surface area contributed by atoms with Gasteiger partial charge in [0.1, 0.15) is 0 Å². The van der Waals surface area contributed by atoms with E-state index in [2.05, 4.69) is 73.1 Å². The molecule has 7 heteroatoms. The second kappa shape index (κ2) is 12.7. The Morgan fingerprint density at radius 1 is 0.822 bits per heavy atom. The van der Waals surface area contributed by atoms with Gasteiger partial charge in [0.05, 0.1) is 0 Å². The predicted molar refractivity (Wildman–Crippen MR) is 182 cm³/mol. The van der Waals surface area contributed by atoms with Crippen molar-refractivity contribution in [1.82, 2.24) is 9.80 Å². The summed E-state index contributed by atoms with van der Waals surface area (Å²) in [6.07, 6.45) is 11.5. The van der Waals surface area contributed by atoms with E-state index >= 15 is 0 Å². The lowest BCUT2D eigenvalue weighted by molar-refractivity contribution is -0.122. The summed E-state index contributed by atoms with van der Waals surface area (Å²) in [6.45, 7) is 14.7. The number of carbonyl (C=O) groups is 2. The fourth-order valence-electron chi connectivity index (χ4n) is 9.31. The summed E-state index contributed by atoms with van der Waals surface area (Å²) >= 11 is 0. The summed E-state index contributed by atoms with van der Waals surface area (Å²) in [5, 5.41) is 9.70. The first-order chi connectivity index (χ1) is 21.6. The summed E-state index contributed by atoms with van der Waals surface area (Å²) in [4.78, 5) is 24.7. The highest BCUT2D eigenvalue weighted by Crippen LogP contribution is 2.51. The first-order valence-corrected chi connectivity index (χ1v) is 17.4. The number of likely N-dealkylation sites (tertiary alicyclic amines) is 2. The van der Waals surface area contributed by atoms with Crippen LogP contribution in [-0.2, 0) is 33.3 Å². The van der Waals surface area contributed by atoms with Crippen molar-refractivity contribution in [3.05, 3.63) is 58.7 Å². The van der Waals surface area contributed by atoms with E-state index < -0.39 is 0 Å². The fraction of sp³-hybridized carbons (Fsp3) is 0.632. The molecule has 1 amide bonds. The van der Waals surface area contributed by atoms with Crippen molar-refractivity contribution in [2.45, 2.75) is 102 Å². The number of hydrogen-bond donors (Lipinski definition) is 3.